The molecule has 1 nitrogen and oxygen atoms in total. The van der Waals surface area contributed by atoms with Gasteiger partial charge in [0.15, 0.2) is 5.78 Å². The number of allylic oxidation sites excluding steroid dienone is 4. The first kappa shape index (κ1) is 12.2. The number of hydrogen-bond acceptors (Lipinski definition) is 1. The second kappa shape index (κ2) is 3.82. The SMILES string of the molecule is CC1=C2CC[C@@]3(C)CCCC=C3[C@@]2(C)CCC1=O. The predicted octanol–water partition coefficient (Wildman–Crippen LogP) is 4.58. The van der Waals surface area contributed by atoms with Crippen molar-refractivity contribution in [2.24, 2.45) is 10.8 Å². The third-order valence-corrected chi connectivity index (χ3v) is 5.84. The minimum absolute atomic E-state index is 0.200. The third kappa shape index (κ3) is 1.49. The summed E-state index contributed by atoms with van der Waals surface area (Å²) in [7, 11) is 0. The minimum atomic E-state index is 0.200. The molecule has 0 amide bonds. The van der Waals surface area contributed by atoms with Crippen LogP contribution in [-0.4, -0.2) is 5.78 Å². The van der Waals surface area contributed by atoms with Crippen molar-refractivity contribution in [2.75, 3.05) is 0 Å². The van der Waals surface area contributed by atoms with Crippen molar-refractivity contribution in [1.82, 2.24) is 0 Å². The van der Waals surface area contributed by atoms with Crippen LogP contribution in [0.2, 0.25) is 0 Å². The Morgan fingerprint density at radius 2 is 1.89 bits per heavy atom. The predicted molar refractivity (Wildman–Crippen MR) is 74.3 cm³/mol. The maximum absolute atomic E-state index is 12.0. The van der Waals surface area contributed by atoms with Crippen molar-refractivity contribution in [3.05, 3.63) is 22.8 Å². The van der Waals surface area contributed by atoms with E-state index < -0.39 is 0 Å². The Labute approximate surface area is 110 Å². The van der Waals surface area contributed by atoms with Crippen LogP contribution in [0.4, 0.5) is 0 Å². The summed E-state index contributed by atoms with van der Waals surface area (Å²) in [5.74, 6) is 0.391. The van der Waals surface area contributed by atoms with E-state index in [1.807, 2.05) is 0 Å². The van der Waals surface area contributed by atoms with Gasteiger partial charge in [-0.1, -0.05) is 31.1 Å². The number of carbonyl (C=O) groups is 1. The number of carbonyl (C=O) groups excluding carboxylic acids is 1. The smallest absolute Gasteiger partial charge is 0.158 e. The van der Waals surface area contributed by atoms with Crippen molar-refractivity contribution in [3.63, 3.8) is 0 Å². The number of ketones is 1. The zero-order chi connectivity index (χ0) is 13.0. The largest absolute Gasteiger partial charge is 0.295 e. The van der Waals surface area contributed by atoms with E-state index in [2.05, 4.69) is 26.8 Å². The molecule has 1 saturated carbocycles. The highest BCUT2D eigenvalue weighted by atomic mass is 16.1. The summed E-state index contributed by atoms with van der Waals surface area (Å²) in [6.45, 7) is 6.90. The lowest BCUT2D eigenvalue weighted by Gasteiger charge is -2.53. The Balaban J connectivity index is 2.14. The van der Waals surface area contributed by atoms with Crippen LogP contribution in [0.25, 0.3) is 0 Å². The average Bonchev–Trinajstić information content (AvgIpc) is 2.34. The Kier molecular flexibility index (Phi) is 2.59. The second-order valence-electron chi connectivity index (χ2n) is 6.93. The molecule has 1 heteroatoms. The van der Waals surface area contributed by atoms with E-state index in [-0.39, 0.29) is 5.41 Å². The number of rotatable bonds is 0. The lowest BCUT2D eigenvalue weighted by atomic mass is 9.51. The highest BCUT2D eigenvalue weighted by Gasteiger charge is 2.49. The second-order valence-corrected chi connectivity index (χ2v) is 6.93. The van der Waals surface area contributed by atoms with Gasteiger partial charge < -0.3 is 0 Å². The van der Waals surface area contributed by atoms with Gasteiger partial charge in [0.05, 0.1) is 0 Å². The van der Waals surface area contributed by atoms with Crippen molar-refractivity contribution >= 4 is 5.78 Å². The zero-order valence-corrected chi connectivity index (χ0v) is 11.9. The Hall–Kier alpha value is -0.850. The summed E-state index contributed by atoms with van der Waals surface area (Å²) in [6.07, 6.45) is 10.6. The van der Waals surface area contributed by atoms with E-state index in [4.69, 9.17) is 0 Å². The molecule has 0 unspecified atom stereocenters. The van der Waals surface area contributed by atoms with E-state index in [9.17, 15) is 4.79 Å². The summed E-state index contributed by atoms with van der Waals surface area (Å²) in [5.41, 5.74) is 4.82. The first-order chi connectivity index (χ1) is 8.47. The lowest BCUT2D eigenvalue weighted by Crippen LogP contribution is -2.42. The van der Waals surface area contributed by atoms with Crippen molar-refractivity contribution in [1.29, 1.82) is 0 Å². The molecule has 0 bridgehead atoms. The molecule has 0 spiro atoms. The summed E-state index contributed by atoms with van der Waals surface area (Å²) >= 11 is 0. The van der Waals surface area contributed by atoms with Crippen molar-refractivity contribution in [3.8, 4) is 0 Å². The average molecular weight is 244 g/mol. The van der Waals surface area contributed by atoms with Gasteiger partial charge in [-0.25, -0.2) is 0 Å². The first-order valence-corrected chi connectivity index (χ1v) is 7.42. The lowest BCUT2D eigenvalue weighted by molar-refractivity contribution is -0.116. The molecule has 98 valence electrons. The van der Waals surface area contributed by atoms with Gasteiger partial charge in [0.2, 0.25) is 0 Å². The molecule has 3 rings (SSSR count). The van der Waals surface area contributed by atoms with E-state index in [1.54, 1.807) is 5.57 Å². The van der Waals surface area contributed by atoms with Crippen LogP contribution in [0.15, 0.2) is 22.8 Å². The monoisotopic (exact) mass is 244 g/mol. The topological polar surface area (TPSA) is 17.1 Å². The fourth-order valence-electron chi connectivity index (χ4n) is 4.72. The van der Waals surface area contributed by atoms with Crippen LogP contribution >= 0.6 is 0 Å². The van der Waals surface area contributed by atoms with Crippen LogP contribution in [0.3, 0.4) is 0 Å². The molecule has 2 atom stereocenters. The molecule has 3 aliphatic rings. The van der Waals surface area contributed by atoms with Crippen LogP contribution < -0.4 is 0 Å². The fourth-order valence-corrected chi connectivity index (χ4v) is 4.72. The minimum Gasteiger partial charge on any atom is -0.295 e. The van der Waals surface area contributed by atoms with Gasteiger partial charge in [0.1, 0.15) is 0 Å². The summed E-state index contributed by atoms with van der Waals surface area (Å²) in [4.78, 5) is 12.0. The Bertz CT molecular complexity index is 468. The maximum atomic E-state index is 12.0. The van der Waals surface area contributed by atoms with Gasteiger partial charge >= 0.3 is 0 Å². The van der Waals surface area contributed by atoms with E-state index in [0.29, 0.717) is 11.2 Å². The molecule has 0 saturated heterocycles. The normalized spacial score (nSPS) is 40.2. The molecule has 0 N–H and O–H groups in total. The van der Waals surface area contributed by atoms with Gasteiger partial charge in [0.25, 0.3) is 0 Å². The molecule has 0 aromatic rings. The molecule has 0 aliphatic heterocycles. The molecule has 0 radical (unpaired) electrons. The molecule has 18 heavy (non-hydrogen) atoms. The highest BCUT2D eigenvalue weighted by Crippen LogP contribution is 2.60. The number of fused-ring (bicyclic) bond motifs is 3. The van der Waals surface area contributed by atoms with E-state index in [1.165, 1.54) is 31.3 Å². The molecule has 1 fully saturated rings. The van der Waals surface area contributed by atoms with Gasteiger partial charge in [-0.2, -0.15) is 0 Å². The number of hydrogen-bond donors (Lipinski definition) is 0. The molecular formula is C17H24O. The Morgan fingerprint density at radius 1 is 1.11 bits per heavy atom. The van der Waals surface area contributed by atoms with E-state index in [0.717, 1.165) is 24.8 Å². The van der Waals surface area contributed by atoms with Crippen LogP contribution in [-0.2, 0) is 4.79 Å². The molecular weight excluding hydrogens is 220 g/mol. The molecule has 0 aromatic carbocycles. The summed E-state index contributed by atoms with van der Waals surface area (Å²) in [6, 6.07) is 0. The number of Topliss-reactive ketones (excluding diaryl/α,β-unsaturated/α-hetero) is 1. The summed E-state index contributed by atoms with van der Waals surface area (Å²) in [5, 5.41) is 0. The van der Waals surface area contributed by atoms with Gasteiger partial charge in [-0.3, -0.25) is 4.79 Å². The zero-order valence-electron chi connectivity index (χ0n) is 11.9. The maximum Gasteiger partial charge on any atom is 0.158 e. The highest BCUT2D eigenvalue weighted by molar-refractivity contribution is 5.97. The first-order valence-electron chi connectivity index (χ1n) is 7.42. The standard InChI is InChI=1S/C17H24O/c1-12-13-7-10-16(2)9-5-4-6-15(16)17(13,3)11-8-14(12)18/h6H,4-5,7-11H2,1-3H3/t16-,17+/m1/s1. The molecule has 0 aromatic heterocycles. The quantitative estimate of drug-likeness (QED) is 0.570. The van der Waals surface area contributed by atoms with Crippen LogP contribution in [0, 0.1) is 10.8 Å². The van der Waals surface area contributed by atoms with Crippen LogP contribution in [0.5, 0.6) is 0 Å². The van der Waals surface area contributed by atoms with Gasteiger partial charge in [0, 0.05) is 11.8 Å². The Morgan fingerprint density at radius 3 is 2.67 bits per heavy atom. The van der Waals surface area contributed by atoms with Crippen molar-refractivity contribution in [2.45, 2.75) is 65.7 Å². The molecule has 0 heterocycles. The van der Waals surface area contributed by atoms with Gasteiger partial charge in [-0.05, 0) is 56.4 Å². The fraction of sp³-hybridized carbons (Fsp3) is 0.706. The van der Waals surface area contributed by atoms with Crippen molar-refractivity contribution < 1.29 is 4.79 Å². The third-order valence-electron chi connectivity index (χ3n) is 5.84. The van der Waals surface area contributed by atoms with Crippen LogP contribution in [0.1, 0.15) is 65.7 Å². The molecule has 3 aliphatic carbocycles. The summed E-state index contributed by atoms with van der Waals surface area (Å²) < 4.78 is 0. The van der Waals surface area contributed by atoms with Gasteiger partial charge in [-0.15, -0.1) is 0 Å². The van der Waals surface area contributed by atoms with E-state index >= 15 is 0 Å².